The molecule has 1 aliphatic rings. The number of alkyl halides is 1. The van der Waals surface area contributed by atoms with Gasteiger partial charge in [0.05, 0.1) is 13.3 Å². The van der Waals surface area contributed by atoms with Gasteiger partial charge in [0.15, 0.2) is 0 Å². The molecule has 36 heavy (non-hydrogen) atoms. The second-order valence-corrected chi connectivity index (χ2v) is 10.6. The van der Waals surface area contributed by atoms with E-state index in [1.807, 2.05) is 17.8 Å². The minimum Gasteiger partial charge on any atom is -0.508 e. The van der Waals surface area contributed by atoms with E-state index >= 15 is 0 Å². The van der Waals surface area contributed by atoms with Crippen LogP contribution < -0.4 is 4.74 Å². The van der Waals surface area contributed by atoms with Gasteiger partial charge in [0.2, 0.25) is 0 Å². The smallest absolute Gasteiger partial charge is 0.119 e. The fourth-order valence-electron chi connectivity index (χ4n) is 4.82. The molecule has 0 saturated heterocycles. The Morgan fingerprint density at radius 3 is 2.33 bits per heavy atom. The predicted octanol–water partition coefficient (Wildman–Crippen LogP) is 8.72. The summed E-state index contributed by atoms with van der Waals surface area (Å²) in [6.45, 7) is 0.536. The molecule has 0 saturated carbocycles. The van der Waals surface area contributed by atoms with Crippen LogP contribution in [0.3, 0.4) is 0 Å². The van der Waals surface area contributed by atoms with Gasteiger partial charge >= 0.3 is 0 Å². The molecule has 190 valence electrons. The van der Waals surface area contributed by atoms with Crippen molar-refractivity contribution >= 4 is 22.9 Å². The molecule has 0 heterocycles. The maximum absolute atomic E-state index is 12.1. The van der Waals surface area contributed by atoms with Gasteiger partial charge in [-0.2, -0.15) is 11.8 Å². The molecule has 0 aliphatic heterocycles. The summed E-state index contributed by atoms with van der Waals surface area (Å²) in [6.07, 6.45) is 8.09. The summed E-state index contributed by atoms with van der Waals surface area (Å²) in [7, 11) is 0. The minimum absolute atomic E-state index is 0.192. The Kier molecular flexibility index (Phi) is 10.3. The van der Waals surface area contributed by atoms with Crippen molar-refractivity contribution in [2.24, 2.45) is 0 Å². The zero-order chi connectivity index (χ0) is 25.0. The lowest BCUT2D eigenvalue weighted by Gasteiger charge is -2.17. The number of phenols is 1. The Morgan fingerprint density at radius 1 is 0.778 bits per heavy atom. The first-order valence-corrected chi connectivity index (χ1v) is 14.4. The Hall–Kier alpha value is -2.72. The van der Waals surface area contributed by atoms with E-state index in [4.69, 9.17) is 4.74 Å². The van der Waals surface area contributed by atoms with Crippen LogP contribution >= 0.6 is 11.8 Å². The third-order valence-corrected chi connectivity index (χ3v) is 7.83. The van der Waals surface area contributed by atoms with Crippen LogP contribution in [0.25, 0.3) is 11.1 Å². The molecule has 3 aromatic carbocycles. The van der Waals surface area contributed by atoms with Crippen molar-refractivity contribution in [2.45, 2.75) is 51.4 Å². The lowest BCUT2D eigenvalue weighted by molar-refractivity contribution is 0.306. The summed E-state index contributed by atoms with van der Waals surface area (Å²) < 4.78 is 18.1. The number of halogens is 1. The molecule has 0 atom stereocenters. The standard InChI is InChI=1S/C32H37FO2S/c33-20-5-8-23-36-22-7-2-6-21-35-29-17-14-26(15-18-29)32-30(25-10-3-1-4-11-25)13-9-12-27-24-28(34)16-19-31(27)32/h1,3-4,10-11,14-19,24,34H,2,5-9,12-13,20-23H2. The van der Waals surface area contributed by atoms with Crippen molar-refractivity contribution in [2.75, 3.05) is 24.8 Å². The van der Waals surface area contributed by atoms with Crippen molar-refractivity contribution in [1.82, 2.24) is 0 Å². The molecule has 0 fully saturated rings. The Labute approximate surface area is 219 Å². The van der Waals surface area contributed by atoms with Crippen LogP contribution in [0.1, 0.15) is 67.2 Å². The number of thioether (sulfide) groups is 1. The molecule has 2 nitrogen and oxygen atoms in total. The normalized spacial score (nSPS) is 13.4. The maximum Gasteiger partial charge on any atom is 0.119 e. The maximum atomic E-state index is 12.1. The highest BCUT2D eigenvalue weighted by Gasteiger charge is 2.20. The minimum atomic E-state index is -0.192. The van der Waals surface area contributed by atoms with Crippen molar-refractivity contribution < 1.29 is 14.2 Å². The number of aromatic hydroxyl groups is 1. The molecule has 0 unspecified atom stereocenters. The molecule has 4 rings (SSSR count). The summed E-state index contributed by atoms with van der Waals surface area (Å²) >= 11 is 1.93. The second kappa shape index (κ2) is 14.1. The van der Waals surface area contributed by atoms with Gasteiger partial charge in [-0.05, 0) is 121 Å². The molecule has 4 heteroatoms. The van der Waals surface area contributed by atoms with Crippen LogP contribution in [0.5, 0.6) is 11.5 Å². The molecular formula is C32H37FO2S. The number of allylic oxidation sites excluding steroid dienone is 1. The van der Waals surface area contributed by atoms with Gasteiger partial charge < -0.3 is 9.84 Å². The molecule has 0 amide bonds. The van der Waals surface area contributed by atoms with E-state index in [9.17, 15) is 9.50 Å². The van der Waals surface area contributed by atoms with Gasteiger partial charge in [-0.25, -0.2) is 0 Å². The number of unbranched alkanes of at least 4 members (excludes halogenated alkanes) is 3. The average Bonchev–Trinajstić information content (AvgIpc) is 3.10. The topological polar surface area (TPSA) is 29.5 Å². The van der Waals surface area contributed by atoms with Crippen LogP contribution in [0.15, 0.2) is 72.8 Å². The Morgan fingerprint density at radius 2 is 1.56 bits per heavy atom. The number of fused-ring (bicyclic) bond motifs is 1. The lowest BCUT2D eigenvalue weighted by atomic mass is 9.88. The third-order valence-electron chi connectivity index (χ3n) is 6.67. The molecule has 0 aromatic heterocycles. The van der Waals surface area contributed by atoms with Crippen LogP contribution in [0.2, 0.25) is 0 Å². The molecule has 0 spiro atoms. The number of phenolic OH excluding ortho intramolecular Hbond substituents is 1. The highest BCUT2D eigenvalue weighted by Crippen LogP contribution is 2.40. The van der Waals surface area contributed by atoms with Crippen LogP contribution in [-0.4, -0.2) is 29.9 Å². The van der Waals surface area contributed by atoms with E-state index in [0.717, 1.165) is 62.4 Å². The molecular weight excluding hydrogens is 467 g/mol. The summed E-state index contributed by atoms with van der Waals surface area (Å²) in [6, 6.07) is 24.9. The van der Waals surface area contributed by atoms with Gasteiger partial charge in [0, 0.05) is 0 Å². The van der Waals surface area contributed by atoms with E-state index in [1.54, 1.807) is 6.07 Å². The van der Waals surface area contributed by atoms with Gasteiger partial charge in [-0.15, -0.1) is 0 Å². The van der Waals surface area contributed by atoms with Crippen LogP contribution in [-0.2, 0) is 6.42 Å². The van der Waals surface area contributed by atoms with E-state index < -0.39 is 0 Å². The van der Waals surface area contributed by atoms with Crippen LogP contribution in [0.4, 0.5) is 4.39 Å². The average molecular weight is 505 g/mol. The number of benzene rings is 3. The zero-order valence-electron chi connectivity index (χ0n) is 21.1. The number of ether oxygens (including phenoxy) is 1. The predicted molar refractivity (Wildman–Crippen MR) is 152 cm³/mol. The van der Waals surface area contributed by atoms with Crippen LogP contribution in [0, 0.1) is 0 Å². The van der Waals surface area contributed by atoms with E-state index in [1.165, 1.54) is 39.8 Å². The number of aryl methyl sites for hydroxylation is 1. The monoisotopic (exact) mass is 504 g/mol. The number of hydrogen-bond acceptors (Lipinski definition) is 3. The quantitative estimate of drug-likeness (QED) is 0.236. The first kappa shape index (κ1) is 26.3. The second-order valence-electron chi connectivity index (χ2n) is 9.36. The van der Waals surface area contributed by atoms with Crippen molar-refractivity contribution in [3.63, 3.8) is 0 Å². The highest BCUT2D eigenvalue weighted by atomic mass is 32.2. The summed E-state index contributed by atoms with van der Waals surface area (Å²) in [4.78, 5) is 0. The number of hydrogen-bond donors (Lipinski definition) is 1. The van der Waals surface area contributed by atoms with Crippen molar-refractivity contribution in [1.29, 1.82) is 0 Å². The molecule has 0 radical (unpaired) electrons. The molecule has 0 bridgehead atoms. The van der Waals surface area contributed by atoms with Gasteiger partial charge in [-0.1, -0.05) is 48.5 Å². The van der Waals surface area contributed by atoms with Crippen molar-refractivity contribution in [3.05, 3.63) is 95.1 Å². The largest absolute Gasteiger partial charge is 0.508 e. The summed E-state index contributed by atoms with van der Waals surface area (Å²) in [5.74, 6) is 3.45. The lowest BCUT2D eigenvalue weighted by Crippen LogP contribution is -1.99. The summed E-state index contributed by atoms with van der Waals surface area (Å²) in [5.41, 5.74) is 7.46. The Balaban J connectivity index is 1.42. The van der Waals surface area contributed by atoms with E-state index in [-0.39, 0.29) is 6.67 Å². The number of rotatable bonds is 13. The first-order valence-electron chi connectivity index (χ1n) is 13.2. The zero-order valence-corrected chi connectivity index (χ0v) is 21.9. The van der Waals surface area contributed by atoms with Gasteiger partial charge in [0.25, 0.3) is 0 Å². The van der Waals surface area contributed by atoms with Gasteiger partial charge in [-0.3, -0.25) is 4.39 Å². The highest BCUT2D eigenvalue weighted by molar-refractivity contribution is 7.99. The summed E-state index contributed by atoms with van der Waals surface area (Å²) in [5, 5.41) is 10.1. The van der Waals surface area contributed by atoms with E-state index in [2.05, 4.69) is 60.7 Å². The van der Waals surface area contributed by atoms with Gasteiger partial charge in [0.1, 0.15) is 11.5 Å². The SMILES string of the molecule is Oc1ccc2c(c1)CCCC(c1ccccc1)=C2c1ccc(OCCCCCSCCCCF)cc1. The first-order chi connectivity index (χ1) is 17.8. The fourth-order valence-corrected chi connectivity index (χ4v) is 5.84. The molecule has 3 aromatic rings. The molecule has 1 N–H and O–H groups in total. The Bertz CT molecular complexity index is 1110. The third kappa shape index (κ3) is 7.39. The molecule has 1 aliphatic carbocycles. The fraction of sp³-hybridized carbons (Fsp3) is 0.375. The van der Waals surface area contributed by atoms with Crippen molar-refractivity contribution in [3.8, 4) is 11.5 Å². The van der Waals surface area contributed by atoms with E-state index in [0.29, 0.717) is 12.2 Å².